The maximum atomic E-state index is 11.6. The van der Waals surface area contributed by atoms with Gasteiger partial charge in [0.2, 0.25) is 0 Å². The predicted octanol–water partition coefficient (Wildman–Crippen LogP) is 2.30. The molecule has 0 aromatic carbocycles. The highest BCUT2D eigenvalue weighted by Gasteiger charge is 2.23. The van der Waals surface area contributed by atoms with Gasteiger partial charge in [-0.2, -0.15) is 0 Å². The summed E-state index contributed by atoms with van der Waals surface area (Å²) in [4.78, 5) is 11.6. The molecule has 1 aliphatic heterocycles. The molecule has 2 unspecified atom stereocenters. The van der Waals surface area contributed by atoms with Crippen molar-refractivity contribution in [2.45, 2.75) is 64.8 Å². The molecule has 0 saturated carbocycles. The van der Waals surface area contributed by atoms with Crippen LogP contribution in [0.3, 0.4) is 0 Å². The third-order valence-electron chi connectivity index (χ3n) is 2.54. The molecule has 17 heavy (non-hydrogen) atoms. The highest BCUT2D eigenvalue weighted by Crippen LogP contribution is 2.14. The van der Waals surface area contributed by atoms with Crippen LogP contribution in [0, 0.1) is 0 Å². The quantitative estimate of drug-likeness (QED) is 0.712. The second kappa shape index (κ2) is 6.36. The van der Waals surface area contributed by atoms with Gasteiger partial charge in [-0.1, -0.05) is 0 Å². The van der Waals surface area contributed by atoms with Crippen LogP contribution < -0.4 is 0 Å². The van der Waals surface area contributed by atoms with Gasteiger partial charge in [0.15, 0.2) is 6.10 Å². The van der Waals surface area contributed by atoms with Crippen molar-refractivity contribution in [1.29, 1.82) is 0 Å². The molecule has 1 aliphatic rings. The number of hydrogen-bond acceptors (Lipinski definition) is 4. The van der Waals surface area contributed by atoms with E-state index in [-0.39, 0.29) is 12.1 Å². The highest BCUT2D eigenvalue weighted by molar-refractivity contribution is 5.74. The molecule has 1 rings (SSSR count). The van der Waals surface area contributed by atoms with Crippen LogP contribution in [0.2, 0.25) is 0 Å². The lowest BCUT2D eigenvalue weighted by molar-refractivity contribution is -0.170. The van der Waals surface area contributed by atoms with Crippen molar-refractivity contribution in [1.82, 2.24) is 0 Å². The van der Waals surface area contributed by atoms with Crippen molar-refractivity contribution in [3.63, 3.8) is 0 Å². The van der Waals surface area contributed by atoms with E-state index in [0.29, 0.717) is 6.61 Å². The SMILES string of the molecule is CC(OCC1CCCCO1)C(=O)OC(C)(C)C. The van der Waals surface area contributed by atoms with Gasteiger partial charge in [-0.15, -0.1) is 0 Å². The molecule has 0 amide bonds. The Morgan fingerprint density at radius 2 is 2.12 bits per heavy atom. The fourth-order valence-electron chi connectivity index (χ4n) is 1.64. The number of rotatable bonds is 4. The van der Waals surface area contributed by atoms with Crippen LogP contribution in [0.25, 0.3) is 0 Å². The molecule has 0 radical (unpaired) electrons. The van der Waals surface area contributed by atoms with E-state index in [9.17, 15) is 4.79 Å². The summed E-state index contributed by atoms with van der Waals surface area (Å²) >= 11 is 0. The highest BCUT2D eigenvalue weighted by atomic mass is 16.6. The van der Waals surface area contributed by atoms with Crippen LogP contribution in [-0.2, 0) is 19.0 Å². The lowest BCUT2D eigenvalue weighted by Crippen LogP contribution is -2.34. The van der Waals surface area contributed by atoms with E-state index in [4.69, 9.17) is 14.2 Å². The van der Waals surface area contributed by atoms with E-state index >= 15 is 0 Å². The van der Waals surface area contributed by atoms with Crippen molar-refractivity contribution < 1.29 is 19.0 Å². The third kappa shape index (κ3) is 6.03. The van der Waals surface area contributed by atoms with E-state index in [1.54, 1.807) is 6.92 Å². The fourth-order valence-corrected chi connectivity index (χ4v) is 1.64. The molecule has 1 heterocycles. The minimum Gasteiger partial charge on any atom is -0.458 e. The Morgan fingerprint density at radius 3 is 2.65 bits per heavy atom. The molecule has 0 aromatic heterocycles. The van der Waals surface area contributed by atoms with Crippen LogP contribution in [0.5, 0.6) is 0 Å². The first-order valence-electron chi connectivity index (χ1n) is 6.34. The molecular weight excluding hydrogens is 220 g/mol. The molecule has 2 atom stereocenters. The van der Waals surface area contributed by atoms with Gasteiger partial charge in [0.05, 0.1) is 12.7 Å². The number of ether oxygens (including phenoxy) is 3. The van der Waals surface area contributed by atoms with Crippen LogP contribution in [0.1, 0.15) is 47.0 Å². The summed E-state index contributed by atoms with van der Waals surface area (Å²) in [7, 11) is 0. The molecule has 0 N–H and O–H groups in total. The molecule has 1 fully saturated rings. The standard InChI is InChI=1S/C13H24O4/c1-10(12(14)17-13(2,3)4)16-9-11-7-5-6-8-15-11/h10-11H,5-9H2,1-4H3. The molecule has 100 valence electrons. The summed E-state index contributed by atoms with van der Waals surface area (Å²) in [5, 5.41) is 0. The monoisotopic (exact) mass is 244 g/mol. The van der Waals surface area contributed by atoms with E-state index in [1.807, 2.05) is 20.8 Å². The van der Waals surface area contributed by atoms with E-state index in [1.165, 1.54) is 6.42 Å². The normalized spacial score (nSPS) is 23.2. The summed E-state index contributed by atoms with van der Waals surface area (Å²) in [6.07, 6.45) is 2.92. The largest absolute Gasteiger partial charge is 0.458 e. The topological polar surface area (TPSA) is 44.8 Å². The Kier molecular flexibility index (Phi) is 5.40. The van der Waals surface area contributed by atoms with Gasteiger partial charge in [-0.05, 0) is 47.0 Å². The number of hydrogen-bond donors (Lipinski definition) is 0. The molecule has 0 bridgehead atoms. The third-order valence-corrected chi connectivity index (χ3v) is 2.54. The minimum atomic E-state index is -0.528. The van der Waals surface area contributed by atoms with Crippen molar-refractivity contribution in [2.75, 3.05) is 13.2 Å². The minimum absolute atomic E-state index is 0.133. The summed E-state index contributed by atoms with van der Waals surface area (Å²) in [5.74, 6) is -0.312. The Bertz CT molecular complexity index is 238. The van der Waals surface area contributed by atoms with E-state index in [0.717, 1.165) is 19.4 Å². The molecule has 0 aromatic rings. The van der Waals surface area contributed by atoms with Crippen LogP contribution in [0.4, 0.5) is 0 Å². The first kappa shape index (κ1) is 14.5. The molecule has 0 aliphatic carbocycles. The predicted molar refractivity (Wildman–Crippen MR) is 64.9 cm³/mol. The van der Waals surface area contributed by atoms with Crippen LogP contribution in [-0.4, -0.2) is 37.0 Å². The van der Waals surface area contributed by atoms with Gasteiger partial charge in [-0.3, -0.25) is 0 Å². The zero-order valence-electron chi connectivity index (χ0n) is 11.3. The maximum Gasteiger partial charge on any atom is 0.335 e. The van der Waals surface area contributed by atoms with Gasteiger partial charge >= 0.3 is 5.97 Å². The lowest BCUT2D eigenvalue weighted by Gasteiger charge is -2.25. The van der Waals surface area contributed by atoms with Crippen LogP contribution in [0.15, 0.2) is 0 Å². The number of carbonyl (C=O) groups is 1. The second-order valence-electron chi connectivity index (χ2n) is 5.50. The van der Waals surface area contributed by atoms with Crippen molar-refractivity contribution >= 4 is 5.97 Å². The Hall–Kier alpha value is -0.610. The summed E-state index contributed by atoms with van der Waals surface area (Å²) in [5.41, 5.74) is -0.462. The second-order valence-corrected chi connectivity index (χ2v) is 5.50. The van der Waals surface area contributed by atoms with Gasteiger partial charge in [0, 0.05) is 6.61 Å². The first-order valence-corrected chi connectivity index (χ1v) is 6.34. The van der Waals surface area contributed by atoms with Crippen molar-refractivity contribution in [3.8, 4) is 0 Å². The van der Waals surface area contributed by atoms with Crippen molar-refractivity contribution in [2.24, 2.45) is 0 Å². The van der Waals surface area contributed by atoms with Gasteiger partial charge in [0.1, 0.15) is 5.60 Å². The summed E-state index contributed by atoms with van der Waals surface area (Å²) < 4.78 is 16.3. The first-order chi connectivity index (χ1) is 7.88. The summed E-state index contributed by atoms with van der Waals surface area (Å²) in [6, 6.07) is 0. The van der Waals surface area contributed by atoms with Gasteiger partial charge < -0.3 is 14.2 Å². The number of carbonyl (C=O) groups excluding carboxylic acids is 1. The average molecular weight is 244 g/mol. The summed E-state index contributed by atoms with van der Waals surface area (Å²) in [6.45, 7) is 8.54. The van der Waals surface area contributed by atoms with E-state index in [2.05, 4.69) is 0 Å². The van der Waals surface area contributed by atoms with Crippen LogP contribution >= 0.6 is 0 Å². The maximum absolute atomic E-state index is 11.6. The molecule has 1 saturated heterocycles. The van der Waals surface area contributed by atoms with E-state index < -0.39 is 11.7 Å². The molecule has 0 spiro atoms. The molecule has 4 heteroatoms. The Labute approximate surface area is 104 Å². The zero-order valence-corrected chi connectivity index (χ0v) is 11.3. The molecular formula is C13H24O4. The lowest BCUT2D eigenvalue weighted by atomic mass is 10.1. The number of esters is 1. The Morgan fingerprint density at radius 1 is 1.41 bits per heavy atom. The van der Waals surface area contributed by atoms with Gasteiger partial charge in [-0.25, -0.2) is 4.79 Å². The zero-order chi connectivity index (χ0) is 12.9. The molecule has 4 nitrogen and oxygen atoms in total. The fraction of sp³-hybridized carbons (Fsp3) is 0.923. The van der Waals surface area contributed by atoms with Gasteiger partial charge in [0.25, 0.3) is 0 Å². The Balaban J connectivity index is 2.23. The smallest absolute Gasteiger partial charge is 0.335 e. The average Bonchev–Trinajstić information content (AvgIpc) is 2.25. The van der Waals surface area contributed by atoms with Crippen molar-refractivity contribution in [3.05, 3.63) is 0 Å².